The van der Waals surface area contributed by atoms with E-state index in [4.69, 9.17) is 0 Å². The van der Waals surface area contributed by atoms with Crippen molar-refractivity contribution in [2.75, 3.05) is 6.61 Å². The van der Waals surface area contributed by atoms with E-state index in [0.717, 1.165) is 5.56 Å². The van der Waals surface area contributed by atoms with Crippen LogP contribution in [0.3, 0.4) is 0 Å². The van der Waals surface area contributed by atoms with Gasteiger partial charge in [0.25, 0.3) is 11.5 Å². The summed E-state index contributed by atoms with van der Waals surface area (Å²) in [4.78, 5) is 31.8. The fourth-order valence-corrected chi connectivity index (χ4v) is 3.16. The van der Waals surface area contributed by atoms with Crippen LogP contribution in [0.2, 0.25) is 0 Å². The van der Waals surface area contributed by atoms with Crippen LogP contribution in [-0.2, 0) is 6.54 Å². The summed E-state index contributed by atoms with van der Waals surface area (Å²) in [7, 11) is 0. The number of H-pyrrole nitrogens is 1. The number of carbonyl (C=O) groups is 1. The second kappa shape index (κ2) is 11.9. The van der Waals surface area contributed by atoms with Crippen LogP contribution in [0.25, 0.3) is 0 Å². The Hall–Kier alpha value is -3.56. The number of hydrogen-bond donors (Lipinski definition) is 5. The third-order valence-electron chi connectivity index (χ3n) is 5.02. The summed E-state index contributed by atoms with van der Waals surface area (Å²) < 4.78 is 13.1. The molecular formula is C24H29FN4O4. The molecule has 0 radical (unpaired) electrons. The molecular weight excluding hydrogens is 427 g/mol. The number of nitrogens with zero attached hydrogens (tertiary/aromatic N) is 1. The summed E-state index contributed by atoms with van der Waals surface area (Å²) >= 11 is 0. The first-order chi connectivity index (χ1) is 15.4. The minimum absolute atomic E-state index is 0. The van der Waals surface area contributed by atoms with Crippen LogP contribution in [-0.4, -0.2) is 38.7 Å². The van der Waals surface area contributed by atoms with Gasteiger partial charge in [-0.1, -0.05) is 56.8 Å². The maximum atomic E-state index is 13.1. The number of aromatic nitrogens is 2. The van der Waals surface area contributed by atoms with Gasteiger partial charge in [0.1, 0.15) is 11.6 Å². The molecule has 33 heavy (non-hydrogen) atoms. The highest BCUT2D eigenvalue weighted by atomic mass is 19.1. The molecule has 3 rings (SSSR count). The molecule has 9 heteroatoms. The molecule has 1 amide bonds. The van der Waals surface area contributed by atoms with E-state index < -0.39 is 34.8 Å². The molecule has 1 unspecified atom stereocenters. The average Bonchev–Trinajstić information content (AvgIpc) is 2.81. The van der Waals surface area contributed by atoms with E-state index in [1.54, 1.807) is 0 Å². The van der Waals surface area contributed by atoms with Crippen molar-refractivity contribution in [3.63, 3.8) is 0 Å². The molecule has 0 fully saturated rings. The number of rotatable bonds is 9. The summed E-state index contributed by atoms with van der Waals surface area (Å²) in [5.74, 6) is -1.82. The Balaban J connectivity index is 0.00000385. The van der Waals surface area contributed by atoms with Crippen molar-refractivity contribution >= 4 is 5.91 Å². The van der Waals surface area contributed by atoms with Gasteiger partial charge in [0.2, 0.25) is 5.75 Å². The summed E-state index contributed by atoms with van der Waals surface area (Å²) in [5, 5.41) is 25.6. The number of amides is 1. The summed E-state index contributed by atoms with van der Waals surface area (Å²) in [5.41, 5.74) is 0.111. The van der Waals surface area contributed by atoms with E-state index in [9.17, 15) is 24.2 Å². The first-order valence-corrected chi connectivity index (χ1v) is 10.2. The lowest BCUT2D eigenvalue weighted by Crippen LogP contribution is -2.38. The second-order valence-electron chi connectivity index (χ2n) is 7.26. The molecule has 5 N–H and O–H groups in total. The molecule has 2 atom stereocenters. The Morgan fingerprint density at radius 3 is 2.42 bits per heavy atom. The molecule has 0 aliphatic rings. The summed E-state index contributed by atoms with van der Waals surface area (Å²) in [6.07, 6.45) is 0.618. The highest BCUT2D eigenvalue weighted by Crippen LogP contribution is 2.21. The van der Waals surface area contributed by atoms with Crippen molar-refractivity contribution in [1.29, 1.82) is 0 Å². The van der Waals surface area contributed by atoms with Crippen LogP contribution < -0.4 is 16.2 Å². The van der Waals surface area contributed by atoms with Crippen molar-refractivity contribution in [3.8, 4) is 5.75 Å². The van der Waals surface area contributed by atoms with Gasteiger partial charge >= 0.3 is 0 Å². The minimum Gasteiger partial charge on any atom is -0.501 e. The van der Waals surface area contributed by atoms with Gasteiger partial charge in [-0.25, -0.2) is 9.37 Å². The molecule has 3 aromatic rings. The molecule has 8 nitrogen and oxygen atoms in total. The number of halogens is 1. The van der Waals surface area contributed by atoms with E-state index in [1.807, 2.05) is 37.3 Å². The van der Waals surface area contributed by atoms with Gasteiger partial charge in [0.15, 0.2) is 5.69 Å². The third-order valence-corrected chi connectivity index (χ3v) is 5.02. The number of benzene rings is 2. The number of carbonyl (C=O) groups excluding carboxylic acids is 1. The quantitative estimate of drug-likeness (QED) is 0.337. The molecule has 0 saturated carbocycles. The zero-order chi connectivity index (χ0) is 23.1. The molecule has 0 aliphatic heterocycles. The van der Waals surface area contributed by atoms with Gasteiger partial charge < -0.3 is 20.5 Å². The van der Waals surface area contributed by atoms with Crippen LogP contribution in [0.1, 0.15) is 54.3 Å². The monoisotopic (exact) mass is 456 g/mol. The Morgan fingerprint density at radius 1 is 1.15 bits per heavy atom. The topological polar surface area (TPSA) is 127 Å². The Morgan fingerprint density at radius 2 is 1.82 bits per heavy atom. The molecule has 0 saturated heterocycles. The van der Waals surface area contributed by atoms with E-state index in [1.165, 1.54) is 24.3 Å². The van der Waals surface area contributed by atoms with Crippen molar-refractivity contribution in [2.45, 2.75) is 39.4 Å². The normalized spacial score (nSPS) is 12.5. The number of aromatic hydroxyl groups is 1. The predicted octanol–water partition coefficient (Wildman–Crippen LogP) is 2.63. The maximum Gasteiger partial charge on any atom is 0.293 e. The largest absolute Gasteiger partial charge is 0.501 e. The zero-order valence-corrected chi connectivity index (χ0v) is 17.5. The van der Waals surface area contributed by atoms with Crippen molar-refractivity contribution in [1.82, 2.24) is 20.6 Å². The molecule has 176 valence electrons. The Kier molecular flexibility index (Phi) is 9.26. The third kappa shape index (κ3) is 6.47. The molecule has 2 aromatic carbocycles. The van der Waals surface area contributed by atoms with Gasteiger partial charge in [0, 0.05) is 12.6 Å². The lowest BCUT2D eigenvalue weighted by molar-refractivity contribution is 0.0941. The summed E-state index contributed by atoms with van der Waals surface area (Å²) in [6.45, 7) is 1.83. The van der Waals surface area contributed by atoms with Gasteiger partial charge in [-0.05, 0) is 29.7 Å². The van der Waals surface area contributed by atoms with Crippen LogP contribution in [0, 0.1) is 5.82 Å². The molecule has 0 bridgehead atoms. The standard InChI is InChI=1S/C23H25FN4O4.CH4/c1-2-17(13-29)26-18(15-6-4-3-5-7-15)21-27-19(20(30)23(32)28-21)22(31)25-12-14-8-10-16(24)11-9-14;/h3-11,17-18,26,29-30H,2,12-13H2,1H3,(H,25,31)(H,27,28,32);1H4/t17-,18?;/m1./s1. The van der Waals surface area contributed by atoms with Crippen LogP contribution >= 0.6 is 0 Å². The SMILES string of the molecule is C.CC[C@H](CO)NC(c1ccccc1)c1nc(C(=O)NCc2ccc(F)cc2)c(O)c(=O)[nH]1. The zero-order valence-electron chi connectivity index (χ0n) is 17.5. The van der Waals surface area contributed by atoms with Gasteiger partial charge in [-0.2, -0.15) is 0 Å². The number of hydrogen-bond acceptors (Lipinski definition) is 6. The second-order valence-corrected chi connectivity index (χ2v) is 7.26. The van der Waals surface area contributed by atoms with Crippen molar-refractivity contribution < 1.29 is 19.4 Å². The summed E-state index contributed by atoms with van der Waals surface area (Å²) in [6, 6.07) is 13.8. The van der Waals surface area contributed by atoms with E-state index in [-0.39, 0.29) is 32.4 Å². The lowest BCUT2D eigenvalue weighted by atomic mass is 10.0. The first-order valence-electron chi connectivity index (χ1n) is 10.2. The first kappa shape index (κ1) is 25.7. The van der Waals surface area contributed by atoms with E-state index in [2.05, 4.69) is 20.6 Å². The van der Waals surface area contributed by atoms with Gasteiger partial charge in [0.05, 0.1) is 12.6 Å². The van der Waals surface area contributed by atoms with Gasteiger partial charge in [-0.15, -0.1) is 0 Å². The van der Waals surface area contributed by atoms with Crippen LogP contribution in [0.5, 0.6) is 5.75 Å². The van der Waals surface area contributed by atoms with Crippen LogP contribution in [0.15, 0.2) is 59.4 Å². The van der Waals surface area contributed by atoms with E-state index >= 15 is 0 Å². The Labute approximate surface area is 191 Å². The average molecular weight is 457 g/mol. The number of aliphatic hydroxyl groups excluding tert-OH is 1. The highest BCUT2D eigenvalue weighted by molar-refractivity contribution is 5.94. The molecule has 1 aromatic heterocycles. The van der Waals surface area contributed by atoms with Crippen molar-refractivity contribution in [3.05, 3.63) is 93.4 Å². The fourth-order valence-electron chi connectivity index (χ4n) is 3.16. The van der Waals surface area contributed by atoms with Crippen molar-refractivity contribution in [2.24, 2.45) is 0 Å². The number of nitrogens with one attached hydrogen (secondary N) is 3. The van der Waals surface area contributed by atoms with E-state index in [0.29, 0.717) is 12.0 Å². The number of aliphatic hydroxyl groups is 1. The van der Waals surface area contributed by atoms with Crippen LogP contribution in [0.4, 0.5) is 4.39 Å². The number of aromatic amines is 1. The van der Waals surface area contributed by atoms with Gasteiger partial charge in [-0.3, -0.25) is 14.9 Å². The molecule has 1 heterocycles. The fraction of sp³-hybridized carbons (Fsp3) is 0.292. The minimum atomic E-state index is -0.860. The molecule has 0 aliphatic carbocycles. The predicted molar refractivity (Wildman–Crippen MR) is 123 cm³/mol. The Bertz CT molecular complexity index is 1100. The smallest absolute Gasteiger partial charge is 0.293 e. The maximum absolute atomic E-state index is 13.1. The molecule has 0 spiro atoms. The highest BCUT2D eigenvalue weighted by Gasteiger charge is 2.24. The lowest BCUT2D eigenvalue weighted by Gasteiger charge is -2.24.